The van der Waals surface area contributed by atoms with Gasteiger partial charge in [-0.05, 0) is 26.3 Å². The molecule has 0 saturated carbocycles. The van der Waals surface area contributed by atoms with Gasteiger partial charge < -0.3 is 10.0 Å². The molecular formula is C12H19N3OS. The summed E-state index contributed by atoms with van der Waals surface area (Å²) >= 11 is 1.62. The summed E-state index contributed by atoms with van der Waals surface area (Å²) in [5, 5.41) is 10.2. The number of rotatable bonds is 2. The van der Waals surface area contributed by atoms with Crippen LogP contribution in [0.1, 0.15) is 24.6 Å². The van der Waals surface area contributed by atoms with Crippen molar-refractivity contribution in [2.75, 3.05) is 24.5 Å². The highest BCUT2D eigenvalue weighted by Gasteiger charge is 2.35. The van der Waals surface area contributed by atoms with Crippen LogP contribution >= 0.6 is 11.3 Å². The van der Waals surface area contributed by atoms with Gasteiger partial charge in [0.05, 0.1) is 11.5 Å². The first kappa shape index (κ1) is 11.4. The molecule has 0 amide bonds. The molecule has 2 unspecified atom stereocenters. The first-order valence-electron chi connectivity index (χ1n) is 6.34. The molecule has 0 spiro atoms. The summed E-state index contributed by atoms with van der Waals surface area (Å²) in [4.78, 5) is 10.4. The Labute approximate surface area is 106 Å². The molecule has 0 aliphatic carbocycles. The second-order valence-electron chi connectivity index (χ2n) is 5.06. The fourth-order valence-corrected chi connectivity index (χ4v) is 3.84. The molecule has 0 aromatic carbocycles. The SMILES string of the molecule is CC1CN2CCCC2CN1c1ncc(CO)s1. The first-order chi connectivity index (χ1) is 8.28. The zero-order valence-corrected chi connectivity index (χ0v) is 11.0. The maximum absolute atomic E-state index is 9.11. The average molecular weight is 253 g/mol. The lowest BCUT2D eigenvalue weighted by Gasteiger charge is -2.42. The summed E-state index contributed by atoms with van der Waals surface area (Å²) in [6, 6.07) is 1.25. The summed E-state index contributed by atoms with van der Waals surface area (Å²) in [7, 11) is 0. The lowest BCUT2D eigenvalue weighted by atomic mass is 10.1. The van der Waals surface area contributed by atoms with Gasteiger partial charge in [0.25, 0.3) is 0 Å². The van der Waals surface area contributed by atoms with Crippen LogP contribution in [0.25, 0.3) is 0 Å². The standard InChI is InChI=1S/C12H19N3OS/c1-9-6-14-4-2-3-10(14)7-15(9)12-13-5-11(8-16)17-12/h5,9-10,16H,2-4,6-8H2,1H3. The highest BCUT2D eigenvalue weighted by atomic mass is 32.1. The van der Waals surface area contributed by atoms with E-state index in [-0.39, 0.29) is 6.61 Å². The first-order valence-corrected chi connectivity index (χ1v) is 7.16. The number of anilines is 1. The number of aromatic nitrogens is 1. The Morgan fingerprint density at radius 3 is 3.18 bits per heavy atom. The van der Waals surface area contributed by atoms with Crippen LogP contribution in [0.15, 0.2) is 6.20 Å². The largest absolute Gasteiger partial charge is 0.391 e. The zero-order chi connectivity index (χ0) is 11.8. The van der Waals surface area contributed by atoms with Crippen LogP contribution in [0.4, 0.5) is 5.13 Å². The molecule has 4 nitrogen and oxygen atoms in total. The van der Waals surface area contributed by atoms with Crippen LogP contribution in [0.2, 0.25) is 0 Å². The van der Waals surface area contributed by atoms with Crippen molar-refractivity contribution in [1.82, 2.24) is 9.88 Å². The predicted molar refractivity (Wildman–Crippen MR) is 69.4 cm³/mol. The second-order valence-corrected chi connectivity index (χ2v) is 6.15. The van der Waals surface area contributed by atoms with E-state index in [0.29, 0.717) is 12.1 Å². The molecule has 3 heterocycles. The Bertz CT molecular complexity index is 395. The number of aliphatic hydroxyl groups excluding tert-OH is 1. The van der Waals surface area contributed by atoms with Crippen molar-refractivity contribution in [2.45, 2.75) is 38.5 Å². The molecule has 94 valence electrons. The van der Waals surface area contributed by atoms with Crippen molar-refractivity contribution in [2.24, 2.45) is 0 Å². The van der Waals surface area contributed by atoms with Gasteiger partial charge in [0, 0.05) is 31.4 Å². The van der Waals surface area contributed by atoms with E-state index in [1.807, 2.05) is 0 Å². The number of hydrogen-bond acceptors (Lipinski definition) is 5. The number of fused-ring (bicyclic) bond motifs is 1. The molecule has 2 aliphatic heterocycles. The van der Waals surface area contributed by atoms with Gasteiger partial charge in [0.15, 0.2) is 5.13 Å². The number of thiazole rings is 1. The molecule has 2 saturated heterocycles. The van der Waals surface area contributed by atoms with Crippen molar-refractivity contribution < 1.29 is 5.11 Å². The van der Waals surface area contributed by atoms with Crippen molar-refractivity contribution in [3.8, 4) is 0 Å². The minimum Gasteiger partial charge on any atom is -0.391 e. The van der Waals surface area contributed by atoms with Crippen LogP contribution < -0.4 is 4.90 Å². The van der Waals surface area contributed by atoms with Crippen LogP contribution in [0, 0.1) is 0 Å². The maximum atomic E-state index is 9.11. The molecule has 2 aliphatic rings. The Morgan fingerprint density at radius 2 is 2.41 bits per heavy atom. The van der Waals surface area contributed by atoms with E-state index in [4.69, 9.17) is 5.11 Å². The van der Waals surface area contributed by atoms with Crippen molar-refractivity contribution in [1.29, 1.82) is 0 Å². The molecule has 1 aromatic rings. The van der Waals surface area contributed by atoms with Gasteiger partial charge in [0.2, 0.25) is 0 Å². The molecular weight excluding hydrogens is 234 g/mol. The van der Waals surface area contributed by atoms with Crippen LogP contribution in [-0.2, 0) is 6.61 Å². The van der Waals surface area contributed by atoms with E-state index in [0.717, 1.165) is 23.1 Å². The molecule has 0 radical (unpaired) electrons. The van der Waals surface area contributed by atoms with Crippen LogP contribution in [0.3, 0.4) is 0 Å². The van der Waals surface area contributed by atoms with Gasteiger partial charge in [-0.3, -0.25) is 4.90 Å². The molecule has 5 heteroatoms. The molecule has 2 atom stereocenters. The fourth-order valence-electron chi connectivity index (χ4n) is 2.96. The number of nitrogens with zero attached hydrogens (tertiary/aromatic N) is 3. The lowest BCUT2D eigenvalue weighted by Crippen LogP contribution is -2.55. The number of hydrogen-bond donors (Lipinski definition) is 1. The minimum atomic E-state index is 0.107. The maximum Gasteiger partial charge on any atom is 0.185 e. The monoisotopic (exact) mass is 253 g/mol. The summed E-state index contributed by atoms with van der Waals surface area (Å²) in [6.45, 7) is 5.89. The van der Waals surface area contributed by atoms with Crippen molar-refractivity contribution >= 4 is 16.5 Å². The third-order valence-corrected chi connectivity index (χ3v) is 4.90. The summed E-state index contributed by atoms with van der Waals surface area (Å²) < 4.78 is 0. The Kier molecular flexibility index (Phi) is 3.06. The molecule has 0 bridgehead atoms. The Morgan fingerprint density at radius 1 is 1.53 bits per heavy atom. The topological polar surface area (TPSA) is 39.6 Å². The van der Waals surface area contributed by atoms with Crippen LogP contribution in [0.5, 0.6) is 0 Å². The Balaban J connectivity index is 1.77. The van der Waals surface area contributed by atoms with Crippen molar-refractivity contribution in [3.63, 3.8) is 0 Å². The van der Waals surface area contributed by atoms with Gasteiger partial charge in [-0.1, -0.05) is 11.3 Å². The van der Waals surface area contributed by atoms with E-state index in [9.17, 15) is 0 Å². The van der Waals surface area contributed by atoms with E-state index in [1.165, 1.54) is 19.4 Å². The molecule has 1 N–H and O–H groups in total. The summed E-state index contributed by atoms with van der Waals surface area (Å²) in [5.41, 5.74) is 0. The molecule has 2 fully saturated rings. The number of piperazine rings is 1. The Hall–Kier alpha value is -0.650. The summed E-state index contributed by atoms with van der Waals surface area (Å²) in [5.74, 6) is 0. The second kappa shape index (κ2) is 4.55. The van der Waals surface area contributed by atoms with Crippen LogP contribution in [-0.4, -0.2) is 46.7 Å². The highest BCUT2D eigenvalue weighted by Crippen LogP contribution is 2.31. The average Bonchev–Trinajstić information content (AvgIpc) is 2.94. The van der Waals surface area contributed by atoms with E-state index in [1.54, 1.807) is 17.5 Å². The van der Waals surface area contributed by atoms with Gasteiger partial charge >= 0.3 is 0 Å². The van der Waals surface area contributed by atoms with E-state index >= 15 is 0 Å². The van der Waals surface area contributed by atoms with Gasteiger partial charge in [0.1, 0.15) is 0 Å². The molecule has 1 aromatic heterocycles. The number of aliphatic hydroxyl groups is 1. The van der Waals surface area contributed by atoms with E-state index in [2.05, 4.69) is 21.7 Å². The van der Waals surface area contributed by atoms with Gasteiger partial charge in [-0.2, -0.15) is 0 Å². The molecule has 3 rings (SSSR count). The zero-order valence-electron chi connectivity index (χ0n) is 10.2. The fraction of sp³-hybridized carbons (Fsp3) is 0.750. The summed E-state index contributed by atoms with van der Waals surface area (Å²) in [6.07, 6.45) is 4.46. The normalized spacial score (nSPS) is 29.6. The van der Waals surface area contributed by atoms with E-state index < -0.39 is 0 Å². The lowest BCUT2D eigenvalue weighted by molar-refractivity contribution is 0.203. The van der Waals surface area contributed by atoms with Gasteiger partial charge in [-0.15, -0.1) is 0 Å². The smallest absolute Gasteiger partial charge is 0.185 e. The quantitative estimate of drug-likeness (QED) is 0.862. The highest BCUT2D eigenvalue weighted by molar-refractivity contribution is 7.15. The molecule has 17 heavy (non-hydrogen) atoms. The van der Waals surface area contributed by atoms with Crippen molar-refractivity contribution in [3.05, 3.63) is 11.1 Å². The third-order valence-electron chi connectivity index (χ3n) is 3.88. The van der Waals surface area contributed by atoms with Gasteiger partial charge in [-0.25, -0.2) is 4.98 Å². The predicted octanol–water partition coefficient (Wildman–Crippen LogP) is 1.31. The minimum absolute atomic E-state index is 0.107. The third kappa shape index (κ3) is 2.07.